The number of amides is 1. The van der Waals surface area contributed by atoms with Gasteiger partial charge in [0.15, 0.2) is 0 Å². The fourth-order valence-electron chi connectivity index (χ4n) is 1.35. The van der Waals surface area contributed by atoms with Crippen LogP contribution in [0, 0.1) is 0 Å². The zero-order chi connectivity index (χ0) is 13.1. The number of pyridine rings is 1. The van der Waals surface area contributed by atoms with Crippen molar-refractivity contribution in [1.82, 2.24) is 4.98 Å². The Morgan fingerprint density at radius 2 is 2.17 bits per heavy atom. The molecule has 2 aromatic rings. The number of aromatic hydroxyl groups is 1. The Kier molecular flexibility index (Phi) is 3.84. The molecule has 1 heterocycles. The van der Waals surface area contributed by atoms with Crippen molar-refractivity contribution in [2.24, 2.45) is 0 Å². The van der Waals surface area contributed by atoms with E-state index in [4.69, 9.17) is 11.6 Å². The summed E-state index contributed by atoms with van der Waals surface area (Å²) in [5, 5.41) is 12.4. The summed E-state index contributed by atoms with van der Waals surface area (Å²) in [7, 11) is 0. The van der Waals surface area contributed by atoms with Crippen LogP contribution in [0.2, 0.25) is 5.02 Å². The molecule has 6 heteroatoms. The molecule has 1 amide bonds. The summed E-state index contributed by atoms with van der Waals surface area (Å²) in [5.41, 5.74) is 0.817. The predicted molar refractivity (Wildman–Crippen MR) is 73.0 cm³/mol. The van der Waals surface area contributed by atoms with E-state index in [0.717, 1.165) is 0 Å². The zero-order valence-corrected chi connectivity index (χ0v) is 11.4. The zero-order valence-electron chi connectivity index (χ0n) is 9.02. The van der Waals surface area contributed by atoms with E-state index in [2.05, 4.69) is 26.2 Å². The summed E-state index contributed by atoms with van der Waals surface area (Å²) in [6, 6.07) is 6.48. The molecule has 0 aliphatic carbocycles. The molecule has 0 spiro atoms. The van der Waals surface area contributed by atoms with Crippen LogP contribution in [0.3, 0.4) is 0 Å². The lowest BCUT2D eigenvalue weighted by Gasteiger charge is -2.08. The molecule has 2 rings (SSSR count). The van der Waals surface area contributed by atoms with Crippen molar-refractivity contribution in [2.45, 2.75) is 0 Å². The third-order valence-electron chi connectivity index (χ3n) is 2.19. The Morgan fingerprint density at radius 3 is 2.89 bits per heavy atom. The topological polar surface area (TPSA) is 62.2 Å². The third-order valence-corrected chi connectivity index (χ3v) is 3.58. The van der Waals surface area contributed by atoms with E-state index in [9.17, 15) is 9.90 Å². The van der Waals surface area contributed by atoms with Gasteiger partial charge in [-0.3, -0.25) is 9.78 Å². The smallest absolute Gasteiger partial charge is 0.257 e. The lowest BCUT2D eigenvalue weighted by molar-refractivity contribution is 0.102. The van der Waals surface area contributed by atoms with Crippen molar-refractivity contribution in [3.63, 3.8) is 0 Å². The highest BCUT2D eigenvalue weighted by Gasteiger charge is 2.10. The number of aromatic nitrogens is 1. The van der Waals surface area contributed by atoms with Crippen molar-refractivity contribution in [3.8, 4) is 5.75 Å². The van der Waals surface area contributed by atoms with Gasteiger partial charge in [-0.25, -0.2) is 0 Å². The quantitative estimate of drug-likeness (QED) is 0.888. The number of carbonyl (C=O) groups is 1. The largest absolute Gasteiger partial charge is 0.506 e. The fraction of sp³-hybridized carbons (Fsp3) is 0. The molecular weight excluding hydrogens is 320 g/mol. The number of hydrogen-bond acceptors (Lipinski definition) is 3. The Balaban J connectivity index is 2.24. The Hall–Kier alpha value is -1.59. The van der Waals surface area contributed by atoms with Gasteiger partial charge >= 0.3 is 0 Å². The van der Waals surface area contributed by atoms with Crippen molar-refractivity contribution in [3.05, 3.63) is 51.7 Å². The molecule has 0 saturated heterocycles. The van der Waals surface area contributed by atoms with Crippen LogP contribution in [-0.2, 0) is 0 Å². The Morgan fingerprint density at radius 1 is 1.39 bits per heavy atom. The normalized spacial score (nSPS) is 10.1. The summed E-state index contributed by atoms with van der Waals surface area (Å²) in [6.07, 6.45) is 2.62. The number of carbonyl (C=O) groups excluding carboxylic acids is 1. The molecule has 2 N–H and O–H groups in total. The number of benzene rings is 1. The lowest BCUT2D eigenvalue weighted by atomic mass is 10.2. The predicted octanol–water partition coefficient (Wildman–Crippen LogP) is 3.46. The molecule has 0 aliphatic heterocycles. The average molecular weight is 328 g/mol. The second-order valence-corrected chi connectivity index (χ2v) is 4.69. The van der Waals surface area contributed by atoms with Gasteiger partial charge < -0.3 is 10.4 Å². The first-order valence-corrected chi connectivity index (χ1v) is 6.14. The average Bonchev–Trinajstić information content (AvgIpc) is 2.35. The molecule has 0 radical (unpaired) electrons. The summed E-state index contributed by atoms with van der Waals surface area (Å²) in [5.74, 6) is -0.436. The second kappa shape index (κ2) is 5.37. The maximum absolute atomic E-state index is 11.9. The molecule has 1 aromatic heterocycles. The van der Waals surface area contributed by atoms with E-state index < -0.39 is 0 Å². The van der Waals surface area contributed by atoms with Crippen LogP contribution in [-0.4, -0.2) is 16.0 Å². The molecule has 18 heavy (non-hydrogen) atoms. The first-order valence-electron chi connectivity index (χ1n) is 4.97. The van der Waals surface area contributed by atoms with Gasteiger partial charge in [-0.2, -0.15) is 0 Å². The van der Waals surface area contributed by atoms with Crippen molar-refractivity contribution < 1.29 is 9.90 Å². The monoisotopic (exact) mass is 326 g/mol. The highest BCUT2D eigenvalue weighted by Crippen LogP contribution is 2.30. The van der Waals surface area contributed by atoms with Crippen LogP contribution in [0.15, 0.2) is 41.1 Å². The van der Waals surface area contributed by atoms with E-state index in [1.165, 1.54) is 18.5 Å². The second-order valence-electron chi connectivity index (χ2n) is 3.49. The van der Waals surface area contributed by atoms with Gasteiger partial charge in [-0.1, -0.05) is 17.7 Å². The molecule has 0 bridgehead atoms. The molecule has 0 atom stereocenters. The minimum Gasteiger partial charge on any atom is -0.506 e. The summed E-state index contributed by atoms with van der Waals surface area (Å²) in [4.78, 5) is 15.6. The van der Waals surface area contributed by atoms with Crippen LogP contribution in [0.4, 0.5) is 5.69 Å². The van der Waals surface area contributed by atoms with Crippen molar-refractivity contribution in [2.75, 3.05) is 5.32 Å². The van der Waals surface area contributed by atoms with Gasteiger partial charge in [0.1, 0.15) is 5.75 Å². The fourth-order valence-corrected chi connectivity index (χ4v) is 1.88. The van der Waals surface area contributed by atoms with Crippen molar-refractivity contribution in [1.29, 1.82) is 0 Å². The number of rotatable bonds is 2. The van der Waals surface area contributed by atoms with Crippen LogP contribution >= 0.6 is 27.5 Å². The molecule has 1 aromatic carbocycles. The van der Waals surface area contributed by atoms with E-state index >= 15 is 0 Å². The minimum absolute atomic E-state index is 0.0622. The highest BCUT2D eigenvalue weighted by molar-refractivity contribution is 9.10. The van der Waals surface area contributed by atoms with Gasteiger partial charge in [0, 0.05) is 6.20 Å². The first kappa shape index (κ1) is 12.9. The molecular formula is C12H8BrClN2O2. The molecule has 0 aliphatic rings. The van der Waals surface area contributed by atoms with E-state index in [0.29, 0.717) is 15.2 Å². The lowest BCUT2D eigenvalue weighted by Crippen LogP contribution is -2.12. The van der Waals surface area contributed by atoms with E-state index in [-0.39, 0.29) is 17.2 Å². The minimum atomic E-state index is -0.374. The molecule has 0 unspecified atom stereocenters. The summed E-state index contributed by atoms with van der Waals surface area (Å²) in [6.45, 7) is 0. The molecule has 4 nitrogen and oxygen atoms in total. The van der Waals surface area contributed by atoms with Gasteiger partial charge in [-0.15, -0.1) is 0 Å². The van der Waals surface area contributed by atoms with Crippen molar-refractivity contribution >= 4 is 39.1 Å². The van der Waals surface area contributed by atoms with Crippen LogP contribution in [0.25, 0.3) is 0 Å². The van der Waals surface area contributed by atoms with Gasteiger partial charge in [0.05, 0.1) is 26.9 Å². The summed E-state index contributed by atoms with van der Waals surface area (Å²) < 4.78 is 0.605. The van der Waals surface area contributed by atoms with E-state index in [1.54, 1.807) is 18.2 Å². The van der Waals surface area contributed by atoms with Gasteiger partial charge in [-0.05, 0) is 34.1 Å². The number of nitrogens with zero attached hydrogens (tertiary/aromatic N) is 1. The number of nitrogens with one attached hydrogen (secondary N) is 1. The molecule has 0 fully saturated rings. The standard InChI is InChI=1S/C12H8BrClN2O2/c13-11-9(14)2-1-3-10(11)16-12(18)7-4-8(17)6-15-5-7/h1-6,17H,(H,16,18). The molecule has 92 valence electrons. The Labute approximate surface area is 117 Å². The highest BCUT2D eigenvalue weighted by atomic mass is 79.9. The SMILES string of the molecule is O=C(Nc1cccc(Cl)c1Br)c1cncc(O)c1. The molecule has 0 saturated carbocycles. The maximum Gasteiger partial charge on any atom is 0.257 e. The number of halogens is 2. The first-order chi connectivity index (χ1) is 8.58. The van der Waals surface area contributed by atoms with Crippen LogP contribution < -0.4 is 5.32 Å². The van der Waals surface area contributed by atoms with Gasteiger partial charge in [0.25, 0.3) is 5.91 Å². The Bertz CT molecular complexity index is 604. The number of hydrogen-bond donors (Lipinski definition) is 2. The van der Waals surface area contributed by atoms with Gasteiger partial charge in [0.2, 0.25) is 0 Å². The summed E-state index contributed by atoms with van der Waals surface area (Å²) >= 11 is 9.20. The third kappa shape index (κ3) is 2.80. The van der Waals surface area contributed by atoms with E-state index in [1.807, 2.05) is 0 Å². The van der Waals surface area contributed by atoms with Crippen LogP contribution in [0.5, 0.6) is 5.75 Å². The number of anilines is 1. The maximum atomic E-state index is 11.9. The van der Waals surface area contributed by atoms with Crippen LogP contribution in [0.1, 0.15) is 10.4 Å².